The SMILES string of the molecule is CC(O)C(C)SC1CCCCCC1C(=O)O. The third kappa shape index (κ3) is 3.98. The van der Waals surface area contributed by atoms with Gasteiger partial charge in [0.15, 0.2) is 0 Å². The number of hydrogen-bond acceptors (Lipinski definition) is 3. The molecule has 4 heteroatoms. The summed E-state index contributed by atoms with van der Waals surface area (Å²) in [6, 6.07) is 0. The van der Waals surface area contributed by atoms with Crippen molar-refractivity contribution in [2.24, 2.45) is 5.92 Å². The third-order valence-corrected chi connectivity index (χ3v) is 5.08. The van der Waals surface area contributed by atoms with Crippen LogP contribution in [0.15, 0.2) is 0 Å². The summed E-state index contributed by atoms with van der Waals surface area (Å²) in [6.07, 6.45) is 4.68. The quantitative estimate of drug-likeness (QED) is 0.748. The Morgan fingerprint density at radius 1 is 1.25 bits per heavy atom. The zero-order chi connectivity index (χ0) is 12.1. The van der Waals surface area contributed by atoms with E-state index in [4.69, 9.17) is 0 Å². The molecule has 1 fully saturated rings. The molecule has 0 bridgehead atoms. The molecule has 0 aromatic heterocycles. The lowest BCUT2D eigenvalue weighted by Gasteiger charge is -2.25. The summed E-state index contributed by atoms with van der Waals surface area (Å²) in [5.74, 6) is -0.897. The van der Waals surface area contributed by atoms with Crippen LogP contribution >= 0.6 is 11.8 Å². The number of carboxylic acid groups (broad SMARTS) is 1. The summed E-state index contributed by atoms with van der Waals surface area (Å²) in [6.45, 7) is 3.74. The van der Waals surface area contributed by atoms with Crippen molar-refractivity contribution in [2.45, 2.75) is 62.6 Å². The van der Waals surface area contributed by atoms with Crippen LogP contribution < -0.4 is 0 Å². The summed E-state index contributed by atoms with van der Waals surface area (Å²) in [5.41, 5.74) is 0. The van der Waals surface area contributed by atoms with E-state index in [0.717, 1.165) is 32.1 Å². The maximum atomic E-state index is 11.2. The van der Waals surface area contributed by atoms with Crippen LogP contribution in [0.2, 0.25) is 0 Å². The van der Waals surface area contributed by atoms with Crippen LogP contribution in [0, 0.1) is 5.92 Å². The van der Waals surface area contributed by atoms with E-state index < -0.39 is 5.97 Å². The van der Waals surface area contributed by atoms with Crippen molar-refractivity contribution in [3.05, 3.63) is 0 Å². The summed E-state index contributed by atoms with van der Waals surface area (Å²) in [7, 11) is 0. The predicted octanol–water partition coefficient (Wildman–Crippen LogP) is 2.52. The zero-order valence-electron chi connectivity index (χ0n) is 10.1. The van der Waals surface area contributed by atoms with E-state index in [0.29, 0.717) is 0 Å². The highest BCUT2D eigenvalue weighted by atomic mass is 32.2. The van der Waals surface area contributed by atoms with Gasteiger partial charge in [0.1, 0.15) is 0 Å². The van der Waals surface area contributed by atoms with Crippen LogP contribution in [0.25, 0.3) is 0 Å². The van der Waals surface area contributed by atoms with Gasteiger partial charge in [0.2, 0.25) is 0 Å². The summed E-state index contributed by atoms with van der Waals surface area (Å²) in [4.78, 5) is 11.2. The number of aliphatic hydroxyl groups is 1. The van der Waals surface area contributed by atoms with E-state index in [1.54, 1.807) is 18.7 Å². The highest BCUT2D eigenvalue weighted by Crippen LogP contribution is 2.35. The number of aliphatic hydroxyl groups excluding tert-OH is 1. The van der Waals surface area contributed by atoms with Gasteiger partial charge in [-0.15, -0.1) is 0 Å². The Kier molecular flexibility index (Phi) is 5.62. The van der Waals surface area contributed by atoms with E-state index in [2.05, 4.69) is 0 Å². The van der Waals surface area contributed by atoms with Gasteiger partial charge in [-0.05, 0) is 19.8 Å². The Labute approximate surface area is 102 Å². The minimum Gasteiger partial charge on any atom is -0.481 e. The molecule has 1 saturated carbocycles. The molecule has 0 spiro atoms. The fourth-order valence-corrected chi connectivity index (χ4v) is 3.63. The first-order valence-electron chi connectivity index (χ1n) is 6.08. The Bertz CT molecular complexity index is 230. The molecule has 0 amide bonds. The average Bonchev–Trinajstić information content (AvgIpc) is 2.42. The Hall–Kier alpha value is -0.220. The first-order chi connectivity index (χ1) is 7.52. The molecule has 1 rings (SSSR count). The molecule has 0 saturated heterocycles. The van der Waals surface area contributed by atoms with Gasteiger partial charge in [-0.2, -0.15) is 11.8 Å². The van der Waals surface area contributed by atoms with Crippen molar-refractivity contribution in [3.63, 3.8) is 0 Å². The fourth-order valence-electron chi connectivity index (χ4n) is 2.11. The normalized spacial score (nSPS) is 30.4. The maximum Gasteiger partial charge on any atom is 0.307 e. The topological polar surface area (TPSA) is 57.5 Å². The number of aliphatic carboxylic acids is 1. The second-order valence-electron chi connectivity index (χ2n) is 4.70. The highest BCUT2D eigenvalue weighted by molar-refractivity contribution is 8.00. The van der Waals surface area contributed by atoms with E-state index in [9.17, 15) is 15.0 Å². The van der Waals surface area contributed by atoms with Crippen molar-refractivity contribution < 1.29 is 15.0 Å². The monoisotopic (exact) mass is 246 g/mol. The van der Waals surface area contributed by atoms with Crippen LogP contribution in [0.1, 0.15) is 46.0 Å². The average molecular weight is 246 g/mol. The smallest absolute Gasteiger partial charge is 0.307 e. The fraction of sp³-hybridized carbons (Fsp3) is 0.917. The molecular formula is C12H22O3S. The van der Waals surface area contributed by atoms with E-state index >= 15 is 0 Å². The summed E-state index contributed by atoms with van der Waals surface area (Å²) in [5, 5.41) is 19.0. The molecule has 1 aliphatic rings. The van der Waals surface area contributed by atoms with Crippen LogP contribution in [0.4, 0.5) is 0 Å². The maximum absolute atomic E-state index is 11.2. The summed E-state index contributed by atoms with van der Waals surface area (Å²) >= 11 is 1.65. The van der Waals surface area contributed by atoms with Crippen LogP contribution in [-0.4, -0.2) is 32.8 Å². The standard InChI is InChI=1S/C12H22O3S/c1-8(13)9(2)16-11-7-5-3-4-6-10(11)12(14)15/h8-11,13H,3-7H2,1-2H3,(H,14,15). The molecule has 0 aromatic carbocycles. The molecule has 0 aliphatic heterocycles. The van der Waals surface area contributed by atoms with E-state index in [1.807, 2.05) is 6.92 Å². The predicted molar refractivity (Wildman–Crippen MR) is 66.7 cm³/mol. The summed E-state index contributed by atoms with van der Waals surface area (Å²) < 4.78 is 0. The van der Waals surface area contributed by atoms with Gasteiger partial charge >= 0.3 is 5.97 Å². The molecule has 16 heavy (non-hydrogen) atoms. The minimum atomic E-state index is -0.669. The lowest BCUT2D eigenvalue weighted by atomic mass is 10.0. The molecule has 94 valence electrons. The Morgan fingerprint density at radius 3 is 2.44 bits per heavy atom. The van der Waals surface area contributed by atoms with Crippen molar-refractivity contribution in [2.75, 3.05) is 0 Å². The first kappa shape index (κ1) is 13.8. The van der Waals surface area contributed by atoms with Crippen molar-refractivity contribution in [3.8, 4) is 0 Å². The van der Waals surface area contributed by atoms with Crippen LogP contribution in [0.3, 0.4) is 0 Å². The second-order valence-corrected chi connectivity index (χ2v) is 6.32. The molecule has 0 aromatic rings. The minimum absolute atomic E-state index is 0.116. The molecule has 0 heterocycles. The highest BCUT2D eigenvalue weighted by Gasteiger charge is 2.31. The van der Waals surface area contributed by atoms with Crippen LogP contribution in [-0.2, 0) is 4.79 Å². The van der Waals surface area contributed by atoms with Crippen molar-refractivity contribution in [1.29, 1.82) is 0 Å². The largest absolute Gasteiger partial charge is 0.481 e. The number of thioether (sulfide) groups is 1. The van der Waals surface area contributed by atoms with Gasteiger partial charge in [-0.3, -0.25) is 4.79 Å². The molecule has 4 unspecified atom stereocenters. The van der Waals surface area contributed by atoms with Gasteiger partial charge in [0, 0.05) is 10.5 Å². The molecule has 2 N–H and O–H groups in total. The van der Waals surface area contributed by atoms with Gasteiger partial charge < -0.3 is 10.2 Å². The van der Waals surface area contributed by atoms with Crippen molar-refractivity contribution in [1.82, 2.24) is 0 Å². The van der Waals surface area contributed by atoms with E-state index in [-0.39, 0.29) is 22.5 Å². The molecule has 0 radical (unpaired) electrons. The molecule has 1 aliphatic carbocycles. The van der Waals surface area contributed by atoms with E-state index in [1.165, 1.54) is 0 Å². The van der Waals surface area contributed by atoms with Gasteiger partial charge in [-0.1, -0.05) is 26.2 Å². The third-order valence-electron chi connectivity index (χ3n) is 3.34. The Balaban J connectivity index is 2.60. The molecule has 3 nitrogen and oxygen atoms in total. The Morgan fingerprint density at radius 2 is 1.88 bits per heavy atom. The van der Waals surface area contributed by atoms with Crippen molar-refractivity contribution >= 4 is 17.7 Å². The lowest BCUT2D eigenvalue weighted by molar-refractivity contribution is -0.141. The second kappa shape index (κ2) is 6.50. The van der Waals surface area contributed by atoms with Crippen LogP contribution in [0.5, 0.6) is 0 Å². The number of carbonyl (C=O) groups is 1. The molecular weight excluding hydrogens is 224 g/mol. The molecule has 4 atom stereocenters. The van der Waals surface area contributed by atoms with Gasteiger partial charge in [0.25, 0.3) is 0 Å². The first-order valence-corrected chi connectivity index (χ1v) is 7.03. The number of rotatable bonds is 4. The van der Waals surface area contributed by atoms with Gasteiger partial charge in [-0.25, -0.2) is 0 Å². The van der Waals surface area contributed by atoms with Gasteiger partial charge in [0.05, 0.1) is 12.0 Å². The number of carboxylic acids is 1. The zero-order valence-corrected chi connectivity index (χ0v) is 10.9. The number of hydrogen-bond donors (Lipinski definition) is 2. The lowest BCUT2D eigenvalue weighted by Crippen LogP contribution is -2.28.